The molecule has 8 nitrogen and oxygen atoms in total. The Labute approximate surface area is 158 Å². The summed E-state index contributed by atoms with van der Waals surface area (Å²) in [6.45, 7) is 10.2. The Bertz CT molecular complexity index is 989. The molecule has 8 heteroatoms. The van der Waals surface area contributed by atoms with E-state index in [1.807, 2.05) is 0 Å². The van der Waals surface area contributed by atoms with E-state index in [1.54, 1.807) is 18.5 Å². The Morgan fingerprint density at radius 1 is 1.15 bits per heavy atom. The highest BCUT2D eigenvalue weighted by molar-refractivity contribution is 5.82. The Morgan fingerprint density at radius 3 is 2.30 bits per heavy atom. The third-order valence-corrected chi connectivity index (χ3v) is 5.65. The monoisotopic (exact) mass is 375 g/mol. The van der Waals surface area contributed by atoms with Gasteiger partial charge in [0, 0.05) is 27.2 Å². The Hall–Kier alpha value is -2.22. The first-order valence-corrected chi connectivity index (χ1v) is 9.51. The summed E-state index contributed by atoms with van der Waals surface area (Å²) in [5.41, 5.74) is -0.181. The molecule has 148 valence electrons. The summed E-state index contributed by atoms with van der Waals surface area (Å²) in [6.07, 6.45) is 1.20. The summed E-state index contributed by atoms with van der Waals surface area (Å²) in [6, 6.07) is -0.519. The fourth-order valence-corrected chi connectivity index (χ4v) is 4.29. The molecule has 1 fully saturated rings. The van der Waals surface area contributed by atoms with E-state index in [9.17, 15) is 14.4 Å². The van der Waals surface area contributed by atoms with Crippen molar-refractivity contribution in [3.8, 4) is 0 Å². The maximum absolute atomic E-state index is 12.8. The lowest BCUT2D eigenvalue weighted by Crippen LogP contribution is -2.39. The molecule has 3 heterocycles. The van der Waals surface area contributed by atoms with Crippen molar-refractivity contribution < 1.29 is 4.79 Å². The van der Waals surface area contributed by atoms with Gasteiger partial charge in [-0.05, 0) is 32.1 Å². The highest BCUT2D eigenvalue weighted by Crippen LogP contribution is 2.25. The molecule has 3 rings (SSSR count). The first-order chi connectivity index (χ1) is 12.6. The van der Waals surface area contributed by atoms with Crippen LogP contribution in [-0.2, 0) is 25.4 Å². The van der Waals surface area contributed by atoms with Crippen molar-refractivity contribution in [1.82, 2.24) is 23.6 Å². The normalized spacial score (nSPS) is 22.3. The molecule has 0 amide bonds. The molecule has 1 saturated heterocycles. The first-order valence-electron chi connectivity index (χ1n) is 9.51. The molecule has 27 heavy (non-hydrogen) atoms. The molecule has 1 aliphatic rings. The zero-order valence-electron chi connectivity index (χ0n) is 17.0. The van der Waals surface area contributed by atoms with Crippen LogP contribution < -0.4 is 11.2 Å². The number of fused-ring (bicyclic) bond motifs is 1. The minimum atomic E-state index is -0.519. The molecule has 3 atom stereocenters. The topological polar surface area (TPSA) is 82.1 Å². The summed E-state index contributed by atoms with van der Waals surface area (Å²) in [5, 5.41) is 0. The van der Waals surface area contributed by atoms with Gasteiger partial charge in [-0.1, -0.05) is 13.8 Å². The number of hydrogen-bond donors (Lipinski definition) is 0. The average molecular weight is 375 g/mol. The number of carbonyl (C=O) groups excluding carboxylic acids is 1. The summed E-state index contributed by atoms with van der Waals surface area (Å²) >= 11 is 0. The smallest absolute Gasteiger partial charge is 0.311 e. The molecule has 0 saturated carbocycles. The molecule has 2 aromatic heterocycles. The van der Waals surface area contributed by atoms with Gasteiger partial charge in [0.1, 0.15) is 5.82 Å². The van der Waals surface area contributed by atoms with Crippen LogP contribution in [0.2, 0.25) is 0 Å². The minimum Gasteiger partial charge on any atom is -0.311 e. The molecule has 0 aliphatic carbocycles. The third kappa shape index (κ3) is 3.38. The van der Waals surface area contributed by atoms with Gasteiger partial charge >= 0.3 is 5.69 Å². The largest absolute Gasteiger partial charge is 0.332 e. The highest BCUT2D eigenvalue weighted by atomic mass is 16.2. The quantitative estimate of drug-likeness (QED) is 0.798. The van der Waals surface area contributed by atoms with E-state index in [0.29, 0.717) is 35.4 Å². The summed E-state index contributed by atoms with van der Waals surface area (Å²) < 4.78 is 4.18. The van der Waals surface area contributed by atoms with Crippen molar-refractivity contribution >= 4 is 16.9 Å². The van der Waals surface area contributed by atoms with E-state index in [1.165, 1.54) is 25.0 Å². The van der Waals surface area contributed by atoms with Crippen LogP contribution in [0.4, 0.5) is 0 Å². The van der Waals surface area contributed by atoms with Gasteiger partial charge in [-0.25, -0.2) is 9.78 Å². The van der Waals surface area contributed by atoms with Crippen molar-refractivity contribution in [2.45, 2.75) is 46.7 Å². The van der Waals surface area contributed by atoms with Crippen molar-refractivity contribution in [1.29, 1.82) is 0 Å². The number of piperidine rings is 1. The zero-order chi connectivity index (χ0) is 20.0. The van der Waals surface area contributed by atoms with Crippen LogP contribution in [0, 0.1) is 11.8 Å². The van der Waals surface area contributed by atoms with Crippen LogP contribution in [0.1, 0.15) is 46.0 Å². The van der Waals surface area contributed by atoms with Crippen molar-refractivity contribution in [2.24, 2.45) is 25.9 Å². The van der Waals surface area contributed by atoms with Crippen LogP contribution in [0.25, 0.3) is 11.2 Å². The van der Waals surface area contributed by atoms with Gasteiger partial charge in [-0.2, -0.15) is 0 Å². The van der Waals surface area contributed by atoms with Gasteiger partial charge in [0.2, 0.25) is 0 Å². The van der Waals surface area contributed by atoms with Crippen LogP contribution >= 0.6 is 0 Å². The van der Waals surface area contributed by atoms with Crippen LogP contribution in [0.5, 0.6) is 0 Å². The summed E-state index contributed by atoms with van der Waals surface area (Å²) in [4.78, 5) is 44.2. The zero-order valence-corrected chi connectivity index (χ0v) is 17.0. The molecule has 0 unspecified atom stereocenters. The number of rotatable bonds is 4. The SMILES string of the molecule is CC(=O)[C@@H](C)n1c(CN2C[C@H](C)C[C@H](C)C2)nc2c1c(=O)n(C)c(=O)n2C. The van der Waals surface area contributed by atoms with E-state index < -0.39 is 17.3 Å². The van der Waals surface area contributed by atoms with E-state index in [0.717, 1.165) is 17.7 Å². The predicted octanol–water partition coefficient (Wildman–Crippen LogP) is 1.06. The molecule has 1 aliphatic heterocycles. The molecule has 0 N–H and O–H groups in total. The average Bonchev–Trinajstić information content (AvgIpc) is 2.95. The molecule has 0 radical (unpaired) electrons. The maximum atomic E-state index is 12.8. The van der Waals surface area contributed by atoms with Crippen LogP contribution in [0.15, 0.2) is 9.59 Å². The molecular weight excluding hydrogens is 346 g/mol. The summed E-state index contributed by atoms with van der Waals surface area (Å²) in [7, 11) is 3.06. The molecule has 0 bridgehead atoms. The number of likely N-dealkylation sites (tertiary alicyclic amines) is 1. The minimum absolute atomic E-state index is 0.0492. The molecular formula is C19H29N5O3. The van der Waals surface area contributed by atoms with E-state index in [4.69, 9.17) is 0 Å². The number of aryl methyl sites for hydroxylation is 1. The fraction of sp³-hybridized carbons (Fsp3) is 0.684. The van der Waals surface area contributed by atoms with Gasteiger partial charge in [0.25, 0.3) is 5.56 Å². The molecule has 0 spiro atoms. The van der Waals surface area contributed by atoms with Gasteiger partial charge in [0.15, 0.2) is 16.9 Å². The molecule has 0 aromatic carbocycles. The lowest BCUT2D eigenvalue weighted by Gasteiger charge is -2.34. The Morgan fingerprint density at radius 2 is 1.74 bits per heavy atom. The van der Waals surface area contributed by atoms with Crippen molar-refractivity contribution in [3.05, 3.63) is 26.7 Å². The predicted molar refractivity (Wildman–Crippen MR) is 104 cm³/mol. The van der Waals surface area contributed by atoms with E-state index in [2.05, 4.69) is 23.7 Å². The number of aromatic nitrogens is 4. The second-order valence-corrected chi connectivity index (χ2v) is 8.20. The van der Waals surface area contributed by atoms with E-state index >= 15 is 0 Å². The number of nitrogens with zero attached hydrogens (tertiary/aromatic N) is 5. The van der Waals surface area contributed by atoms with Crippen LogP contribution in [-0.4, -0.2) is 42.5 Å². The summed E-state index contributed by atoms with van der Waals surface area (Å²) in [5.74, 6) is 1.79. The lowest BCUT2D eigenvalue weighted by atomic mass is 9.92. The van der Waals surface area contributed by atoms with E-state index in [-0.39, 0.29) is 5.78 Å². The standard InChI is InChI=1S/C19H29N5O3/c1-11-7-12(2)9-23(8-11)10-15-20-17-16(24(15)13(3)14(4)25)18(26)22(6)19(27)21(17)5/h11-13H,7-10H2,1-6H3/t11-,12+,13-/m1/s1. The van der Waals surface area contributed by atoms with Crippen LogP contribution in [0.3, 0.4) is 0 Å². The van der Waals surface area contributed by atoms with Gasteiger partial charge < -0.3 is 4.57 Å². The second-order valence-electron chi connectivity index (χ2n) is 8.20. The number of ketones is 1. The first kappa shape index (κ1) is 19.5. The number of carbonyl (C=O) groups is 1. The van der Waals surface area contributed by atoms with Gasteiger partial charge in [0.05, 0.1) is 12.6 Å². The van der Waals surface area contributed by atoms with Crippen molar-refractivity contribution in [3.63, 3.8) is 0 Å². The van der Waals surface area contributed by atoms with Crippen molar-refractivity contribution in [2.75, 3.05) is 13.1 Å². The second kappa shape index (κ2) is 7.07. The third-order valence-electron chi connectivity index (χ3n) is 5.65. The lowest BCUT2D eigenvalue weighted by molar-refractivity contribution is -0.119. The number of imidazole rings is 1. The Balaban J connectivity index is 2.20. The fourth-order valence-electron chi connectivity index (χ4n) is 4.29. The maximum Gasteiger partial charge on any atom is 0.332 e. The Kier molecular flexibility index (Phi) is 5.12. The number of hydrogen-bond acceptors (Lipinski definition) is 5. The van der Waals surface area contributed by atoms with Gasteiger partial charge in [-0.15, -0.1) is 0 Å². The highest BCUT2D eigenvalue weighted by Gasteiger charge is 2.27. The number of Topliss-reactive ketones (excluding diaryl/α,β-unsaturated/α-hetero) is 1. The van der Waals surface area contributed by atoms with Gasteiger partial charge in [-0.3, -0.25) is 23.6 Å². The molecule has 2 aromatic rings.